The number of aromatic nitrogens is 1. The van der Waals surface area contributed by atoms with Gasteiger partial charge in [-0.1, -0.05) is 26.0 Å². The van der Waals surface area contributed by atoms with E-state index in [0.717, 1.165) is 11.9 Å². The zero-order valence-electron chi connectivity index (χ0n) is 9.90. The summed E-state index contributed by atoms with van der Waals surface area (Å²) in [5.41, 5.74) is 1.23. The molecule has 2 atom stereocenters. The van der Waals surface area contributed by atoms with Crippen LogP contribution >= 0.6 is 23.1 Å². The highest BCUT2D eigenvalue weighted by atomic mass is 35.5. The van der Waals surface area contributed by atoms with Gasteiger partial charge in [-0.25, -0.2) is 0 Å². The minimum absolute atomic E-state index is 0.159. The number of nitrogens with zero attached hydrogens (tertiary/aromatic N) is 1. The maximum atomic E-state index is 6.24. The van der Waals surface area contributed by atoms with Gasteiger partial charge in [-0.3, -0.25) is 0 Å². The van der Waals surface area contributed by atoms with E-state index < -0.39 is 0 Å². The second-order valence-electron chi connectivity index (χ2n) is 5.25. The van der Waals surface area contributed by atoms with Crippen LogP contribution in [0, 0.1) is 5.41 Å². The summed E-state index contributed by atoms with van der Waals surface area (Å²) in [6.45, 7) is 4.43. The summed E-state index contributed by atoms with van der Waals surface area (Å²) in [7, 11) is 0. The Kier molecular flexibility index (Phi) is 2.56. The second-order valence-corrected chi connectivity index (χ2v) is 6.55. The molecule has 1 fully saturated rings. The first-order valence-electron chi connectivity index (χ1n) is 5.84. The van der Waals surface area contributed by atoms with Crippen LogP contribution in [0.4, 0.5) is 5.00 Å². The molecule has 2 nitrogen and oxygen atoms in total. The Bertz CT molecular complexity index is 549. The maximum Gasteiger partial charge on any atom is 0.117 e. The molecule has 4 heteroatoms. The van der Waals surface area contributed by atoms with Gasteiger partial charge in [-0.2, -0.15) is 4.37 Å². The van der Waals surface area contributed by atoms with Crippen molar-refractivity contribution in [2.24, 2.45) is 5.41 Å². The first-order chi connectivity index (χ1) is 8.09. The quantitative estimate of drug-likeness (QED) is 0.828. The summed E-state index contributed by atoms with van der Waals surface area (Å²) >= 11 is 7.78. The Hall–Kier alpha value is -0.800. The molecule has 3 rings (SSSR count). The van der Waals surface area contributed by atoms with Crippen molar-refractivity contribution in [3.63, 3.8) is 0 Å². The summed E-state index contributed by atoms with van der Waals surface area (Å²) in [6, 6.07) is 8.69. The summed E-state index contributed by atoms with van der Waals surface area (Å²) in [5, 5.41) is 6.25. The van der Waals surface area contributed by atoms with Crippen LogP contribution in [-0.2, 0) is 0 Å². The summed E-state index contributed by atoms with van der Waals surface area (Å²) in [5.74, 6) is 0. The average molecular weight is 267 g/mol. The molecule has 0 saturated heterocycles. The van der Waals surface area contributed by atoms with Crippen LogP contribution in [-0.4, -0.2) is 15.8 Å². The van der Waals surface area contributed by atoms with E-state index in [2.05, 4.69) is 35.7 Å². The molecule has 0 bridgehead atoms. The molecule has 1 heterocycles. The molecule has 1 N–H and O–H groups in total. The number of halogens is 1. The molecule has 2 unspecified atom stereocenters. The Balaban J connectivity index is 1.87. The fraction of sp³-hybridized carbons (Fsp3) is 0.462. The van der Waals surface area contributed by atoms with Crippen molar-refractivity contribution in [3.8, 4) is 0 Å². The lowest BCUT2D eigenvalue weighted by molar-refractivity contribution is 0.169. The van der Waals surface area contributed by atoms with Gasteiger partial charge in [0, 0.05) is 22.2 Å². The van der Waals surface area contributed by atoms with Gasteiger partial charge in [-0.05, 0) is 30.1 Å². The summed E-state index contributed by atoms with van der Waals surface area (Å²) in [4.78, 5) is 0. The lowest BCUT2D eigenvalue weighted by Crippen LogP contribution is -2.54. The van der Waals surface area contributed by atoms with E-state index in [1.54, 1.807) is 0 Å². The highest BCUT2D eigenvalue weighted by Gasteiger charge is 2.47. The van der Waals surface area contributed by atoms with Crippen LogP contribution in [0.25, 0.3) is 10.9 Å². The first-order valence-corrected chi connectivity index (χ1v) is 7.05. The molecule has 1 aromatic heterocycles. The van der Waals surface area contributed by atoms with Gasteiger partial charge in [0.05, 0.1) is 5.52 Å². The number of benzene rings is 1. The van der Waals surface area contributed by atoms with Crippen LogP contribution in [0.2, 0.25) is 0 Å². The third-order valence-electron chi connectivity index (χ3n) is 3.84. The van der Waals surface area contributed by atoms with Gasteiger partial charge in [0.1, 0.15) is 5.00 Å². The summed E-state index contributed by atoms with van der Waals surface area (Å²) in [6.07, 6.45) is 1.03. The Labute approximate surface area is 110 Å². The Morgan fingerprint density at radius 2 is 2.18 bits per heavy atom. The Morgan fingerprint density at radius 1 is 1.41 bits per heavy atom. The fourth-order valence-electron chi connectivity index (χ4n) is 2.27. The average Bonchev–Trinajstić information content (AvgIpc) is 2.72. The minimum Gasteiger partial charge on any atom is -0.372 e. The molecular weight excluding hydrogens is 252 g/mol. The van der Waals surface area contributed by atoms with Crippen LogP contribution in [0.1, 0.15) is 20.3 Å². The smallest absolute Gasteiger partial charge is 0.117 e. The van der Waals surface area contributed by atoms with E-state index in [4.69, 9.17) is 11.6 Å². The van der Waals surface area contributed by atoms with Crippen molar-refractivity contribution < 1.29 is 0 Å². The van der Waals surface area contributed by atoms with Crippen LogP contribution in [0.5, 0.6) is 0 Å². The minimum atomic E-state index is 0.159. The molecule has 0 radical (unpaired) electrons. The highest BCUT2D eigenvalue weighted by Crippen LogP contribution is 2.46. The molecule has 1 aliphatic rings. The SMILES string of the molecule is CC1(C)C(Cl)CC1Nc1snc2ccccc12. The second kappa shape index (κ2) is 3.85. The number of hydrogen-bond acceptors (Lipinski definition) is 3. The van der Waals surface area contributed by atoms with E-state index >= 15 is 0 Å². The number of rotatable bonds is 2. The van der Waals surface area contributed by atoms with E-state index in [0.29, 0.717) is 6.04 Å². The maximum absolute atomic E-state index is 6.24. The number of nitrogens with one attached hydrogen (secondary N) is 1. The fourth-order valence-corrected chi connectivity index (χ4v) is 3.41. The summed E-state index contributed by atoms with van der Waals surface area (Å²) < 4.78 is 4.44. The van der Waals surface area contributed by atoms with E-state index in [9.17, 15) is 0 Å². The normalized spacial score (nSPS) is 26.8. The third-order valence-corrected chi connectivity index (χ3v) is 5.39. The topological polar surface area (TPSA) is 24.9 Å². The van der Waals surface area contributed by atoms with Gasteiger partial charge in [0.15, 0.2) is 0 Å². The van der Waals surface area contributed by atoms with E-state index in [-0.39, 0.29) is 10.8 Å². The third kappa shape index (κ3) is 1.72. The monoisotopic (exact) mass is 266 g/mol. The molecule has 17 heavy (non-hydrogen) atoms. The van der Waals surface area contributed by atoms with Crippen molar-refractivity contribution in [2.75, 3.05) is 5.32 Å². The molecular formula is C13H15ClN2S. The molecule has 1 saturated carbocycles. The van der Waals surface area contributed by atoms with Gasteiger partial charge in [0.2, 0.25) is 0 Å². The van der Waals surface area contributed by atoms with Crippen molar-refractivity contribution in [1.29, 1.82) is 0 Å². The van der Waals surface area contributed by atoms with Crippen molar-refractivity contribution in [1.82, 2.24) is 4.37 Å². The first kappa shape index (κ1) is 11.3. The molecule has 0 amide bonds. The van der Waals surface area contributed by atoms with Crippen LogP contribution in [0.3, 0.4) is 0 Å². The zero-order chi connectivity index (χ0) is 12.0. The molecule has 0 aliphatic heterocycles. The van der Waals surface area contributed by atoms with E-state index in [1.807, 2.05) is 12.1 Å². The van der Waals surface area contributed by atoms with Gasteiger partial charge < -0.3 is 5.32 Å². The molecule has 1 aliphatic carbocycles. The predicted molar refractivity (Wildman–Crippen MR) is 75.1 cm³/mol. The lowest BCUT2D eigenvalue weighted by Gasteiger charge is -2.49. The number of alkyl halides is 1. The van der Waals surface area contributed by atoms with Gasteiger partial charge in [0.25, 0.3) is 0 Å². The van der Waals surface area contributed by atoms with Crippen LogP contribution < -0.4 is 5.32 Å². The van der Waals surface area contributed by atoms with Crippen molar-refractivity contribution >= 4 is 39.0 Å². The Morgan fingerprint density at radius 3 is 2.88 bits per heavy atom. The number of anilines is 1. The van der Waals surface area contributed by atoms with Gasteiger partial charge in [-0.15, -0.1) is 11.6 Å². The zero-order valence-corrected chi connectivity index (χ0v) is 11.5. The van der Waals surface area contributed by atoms with Crippen LogP contribution in [0.15, 0.2) is 24.3 Å². The largest absolute Gasteiger partial charge is 0.372 e. The van der Waals surface area contributed by atoms with Crippen molar-refractivity contribution in [2.45, 2.75) is 31.7 Å². The molecule has 1 aromatic carbocycles. The highest BCUT2D eigenvalue weighted by molar-refractivity contribution is 7.11. The predicted octanol–water partition coefficient (Wildman–Crippen LogP) is 4.11. The lowest BCUT2D eigenvalue weighted by atomic mass is 9.67. The van der Waals surface area contributed by atoms with Crippen molar-refractivity contribution in [3.05, 3.63) is 24.3 Å². The molecule has 2 aromatic rings. The van der Waals surface area contributed by atoms with E-state index in [1.165, 1.54) is 21.9 Å². The molecule has 0 spiro atoms. The standard InChI is InChI=1S/C13H15ClN2S/c1-13(2)10(14)7-11(13)15-12-8-5-3-4-6-9(8)16-17-12/h3-6,10-11,15H,7H2,1-2H3. The number of fused-ring (bicyclic) bond motifs is 1. The molecule has 90 valence electrons. The van der Waals surface area contributed by atoms with Gasteiger partial charge >= 0.3 is 0 Å². The number of hydrogen-bond donors (Lipinski definition) is 1.